The Morgan fingerprint density at radius 1 is 1.63 bits per heavy atom. The van der Waals surface area contributed by atoms with Crippen LogP contribution in [0.2, 0.25) is 0 Å². The van der Waals surface area contributed by atoms with Crippen LogP contribution in [0.4, 0.5) is 0 Å². The van der Waals surface area contributed by atoms with Crippen molar-refractivity contribution in [3.8, 4) is 18.1 Å². The Morgan fingerprint density at radius 3 is 3.00 bits per heavy atom. The number of amides is 1. The molecule has 0 aliphatic rings. The molecule has 1 aromatic carbocycles. The second kappa shape index (κ2) is 7.82. The average Bonchev–Trinajstić information content (AvgIpc) is 2.35. The summed E-state index contributed by atoms with van der Waals surface area (Å²) in [5.41, 5.74) is 6.76. The van der Waals surface area contributed by atoms with Gasteiger partial charge >= 0.3 is 0 Å². The summed E-state index contributed by atoms with van der Waals surface area (Å²) in [5.74, 6) is 2.73. The SMILES string of the molecule is C#CCNC(=O)COc1c(Br)cccc1CC(C)N. The van der Waals surface area contributed by atoms with E-state index in [0.717, 1.165) is 10.0 Å². The Kier molecular flexibility index (Phi) is 6.40. The second-order valence-corrected chi connectivity index (χ2v) is 5.03. The summed E-state index contributed by atoms with van der Waals surface area (Å²) >= 11 is 3.41. The van der Waals surface area contributed by atoms with E-state index < -0.39 is 0 Å². The normalized spacial score (nSPS) is 11.5. The molecule has 0 aliphatic heterocycles. The summed E-state index contributed by atoms with van der Waals surface area (Å²) in [4.78, 5) is 11.4. The molecule has 0 radical (unpaired) electrons. The summed E-state index contributed by atoms with van der Waals surface area (Å²) in [6.07, 6.45) is 5.74. The van der Waals surface area contributed by atoms with Gasteiger partial charge < -0.3 is 15.8 Å². The lowest BCUT2D eigenvalue weighted by atomic mass is 10.1. The van der Waals surface area contributed by atoms with E-state index in [0.29, 0.717) is 12.2 Å². The molecule has 1 unspecified atom stereocenters. The molecule has 0 fully saturated rings. The fraction of sp³-hybridized carbons (Fsp3) is 0.357. The van der Waals surface area contributed by atoms with Crippen LogP contribution in [0.3, 0.4) is 0 Å². The number of nitrogens with two attached hydrogens (primary N) is 1. The Labute approximate surface area is 121 Å². The average molecular weight is 325 g/mol. The summed E-state index contributed by atoms with van der Waals surface area (Å²) in [6, 6.07) is 5.72. The van der Waals surface area contributed by atoms with Crippen LogP contribution in [0, 0.1) is 12.3 Å². The lowest BCUT2D eigenvalue weighted by molar-refractivity contribution is -0.122. The van der Waals surface area contributed by atoms with E-state index in [1.807, 2.05) is 25.1 Å². The number of ether oxygens (including phenoxy) is 1. The predicted molar refractivity (Wildman–Crippen MR) is 78.8 cm³/mol. The highest BCUT2D eigenvalue weighted by Gasteiger charge is 2.11. The van der Waals surface area contributed by atoms with Crippen molar-refractivity contribution in [2.24, 2.45) is 5.73 Å². The predicted octanol–water partition coefficient (Wildman–Crippen LogP) is 1.47. The fourth-order valence-electron chi connectivity index (χ4n) is 1.56. The summed E-state index contributed by atoms with van der Waals surface area (Å²) in [7, 11) is 0. The molecule has 1 rings (SSSR count). The molecule has 4 nitrogen and oxygen atoms in total. The van der Waals surface area contributed by atoms with E-state index in [-0.39, 0.29) is 25.1 Å². The quantitative estimate of drug-likeness (QED) is 0.779. The van der Waals surface area contributed by atoms with Gasteiger partial charge in [-0.2, -0.15) is 0 Å². The molecular formula is C14H17BrN2O2. The maximum atomic E-state index is 11.4. The van der Waals surface area contributed by atoms with Crippen LogP contribution in [-0.2, 0) is 11.2 Å². The van der Waals surface area contributed by atoms with Crippen molar-refractivity contribution in [2.45, 2.75) is 19.4 Å². The van der Waals surface area contributed by atoms with Crippen molar-refractivity contribution < 1.29 is 9.53 Å². The molecule has 0 bridgehead atoms. The van der Waals surface area contributed by atoms with Gasteiger partial charge in [0.1, 0.15) is 5.75 Å². The smallest absolute Gasteiger partial charge is 0.258 e. The van der Waals surface area contributed by atoms with E-state index >= 15 is 0 Å². The molecule has 3 N–H and O–H groups in total. The third-order valence-electron chi connectivity index (χ3n) is 2.33. The lowest BCUT2D eigenvalue weighted by Crippen LogP contribution is -2.29. The number of terminal acetylenes is 1. The van der Waals surface area contributed by atoms with Gasteiger partial charge in [-0.15, -0.1) is 6.42 Å². The number of halogens is 1. The van der Waals surface area contributed by atoms with Gasteiger partial charge in [0.2, 0.25) is 0 Å². The van der Waals surface area contributed by atoms with Gasteiger partial charge in [-0.25, -0.2) is 0 Å². The van der Waals surface area contributed by atoms with Crippen molar-refractivity contribution in [3.63, 3.8) is 0 Å². The Balaban J connectivity index is 2.71. The first kappa shape index (κ1) is 15.5. The van der Waals surface area contributed by atoms with Crippen molar-refractivity contribution in [2.75, 3.05) is 13.2 Å². The first-order valence-electron chi connectivity index (χ1n) is 5.90. The van der Waals surface area contributed by atoms with Crippen LogP contribution in [0.15, 0.2) is 22.7 Å². The van der Waals surface area contributed by atoms with Gasteiger partial charge in [0, 0.05) is 6.04 Å². The number of rotatable bonds is 6. The van der Waals surface area contributed by atoms with E-state index in [1.165, 1.54) is 0 Å². The number of benzene rings is 1. The topological polar surface area (TPSA) is 64.3 Å². The maximum absolute atomic E-state index is 11.4. The molecule has 0 aromatic heterocycles. The van der Waals surface area contributed by atoms with Crippen LogP contribution in [-0.4, -0.2) is 25.1 Å². The summed E-state index contributed by atoms with van der Waals surface area (Å²) in [5, 5.41) is 2.54. The van der Waals surface area contributed by atoms with Crippen LogP contribution in [0.5, 0.6) is 5.75 Å². The largest absolute Gasteiger partial charge is 0.482 e. The molecule has 0 saturated heterocycles. The van der Waals surface area contributed by atoms with Gasteiger partial charge in [-0.3, -0.25) is 4.79 Å². The summed E-state index contributed by atoms with van der Waals surface area (Å²) < 4.78 is 6.35. The molecule has 102 valence electrons. The van der Waals surface area contributed by atoms with Gasteiger partial charge in [-0.05, 0) is 40.9 Å². The zero-order chi connectivity index (χ0) is 14.3. The Morgan fingerprint density at radius 2 is 2.37 bits per heavy atom. The molecule has 19 heavy (non-hydrogen) atoms. The van der Waals surface area contributed by atoms with Gasteiger partial charge in [0.25, 0.3) is 5.91 Å². The van der Waals surface area contributed by atoms with Crippen molar-refractivity contribution in [1.82, 2.24) is 5.32 Å². The minimum absolute atomic E-state index is 0.0203. The molecule has 1 amide bonds. The lowest BCUT2D eigenvalue weighted by Gasteiger charge is -2.14. The number of hydrogen-bond acceptors (Lipinski definition) is 3. The van der Waals surface area contributed by atoms with Gasteiger partial charge in [0.05, 0.1) is 11.0 Å². The number of para-hydroxylation sites is 1. The number of hydrogen-bond donors (Lipinski definition) is 2. The van der Waals surface area contributed by atoms with Crippen molar-refractivity contribution in [1.29, 1.82) is 0 Å². The summed E-state index contributed by atoms with van der Waals surface area (Å²) in [6.45, 7) is 2.05. The molecule has 0 heterocycles. The molecule has 1 aromatic rings. The highest BCUT2D eigenvalue weighted by Crippen LogP contribution is 2.29. The van der Waals surface area contributed by atoms with E-state index in [2.05, 4.69) is 27.2 Å². The van der Waals surface area contributed by atoms with Crippen LogP contribution < -0.4 is 15.8 Å². The fourth-order valence-corrected chi connectivity index (χ4v) is 2.08. The van der Waals surface area contributed by atoms with Crippen molar-refractivity contribution in [3.05, 3.63) is 28.2 Å². The highest BCUT2D eigenvalue weighted by atomic mass is 79.9. The third kappa shape index (κ3) is 5.33. The third-order valence-corrected chi connectivity index (χ3v) is 2.95. The first-order chi connectivity index (χ1) is 9.04. The Bertz CT molecular complexity index is 481. The van der Waals surface area contributed by atoms with E-state index in [9.17, 15) is 4.79 Å². The number of nitrogens with one attached hydrogen (secondary N) is 1. The van der Waals surface area contributed by atoms with E-state index in [4.69, 9.17) is 16.9 Å². The molecule has 0 spiro atoms. The van der Waals surface area contributed by atoms with E-state index in [1.54, 1.807) is 0 Å². The van der Waals surface area contributed by atoms with Gasteiger partial charge in [0.15, 0.2) is 6.61 Å². The molecule has 1 atom stereocenters. The van der Waals surface area contributed by atoms with Crippen LogP contribution in [0.25, 0.3) is 0 Å². The minimum Gasteiger partial charge on any atom is -0.482 e. The zero-order valence-electron chi connectivity index (χ0n) is 10.8. The van der Waals surface area contributed by atoms with Gasteiger partial charge in [-0.1, -0.05) is 18.1 Å². The minimum atomic E-state index is -0.250. The Hall–Kier alpha value is -1.51. The van der Waals surface area contributed by atoms with Crippen molar-refractivity contribution >= 4 is 21.8 Å². The monoisotopic (exact) mass is 324 g/mol. The number of carbonyl (C=O) groups excluding carboxylic acids is 1. The van der Waals surface area contributed by atoms with Crippen LogP contribution >= 0.6 is 15.9 Å². The first-order valence-corrected chi connectivity index (χ1v) is 6.69. The molecule has 0 aliphatic carbocycles. The number of carbonyl (C=O) groups is 1. The van der Waals surface area contributed by atoms with Crippen LogP contribution in [0.1, 0.15) is 12.5 Å². The molecule has 0 saturated carbocycles. The maximum Gasteiger partial charge on any atom is 0.258 e. The zero-order valence-corrected chi connectivity index (χ0v) is 12.4. The standard InChI is InChI=1S/C14H17BrN2O2/c1-3-7-17-13(18)9-19-14-11(8-10(2)16)5-4-6-12(14)15/h1,4-6,10H,7-9,16H2,2H3,(H,17,18). The highest BCUT2D eigenvalue weighted by molar-refractivity contribution is 9.10. The molecular weight excluding hydrogens is 308 g/mol. The second-order valence-electron chi connectivity index (χ2n) is 4.18. The molecule has 5 heteroatoms.